The average molecular weight is 481 g/mol. The molecule has 3 atom stereocenters. The van der Waals surface area contributed by atoms with E-state index >= 15 is 0 Å². The van der Waals surface area contributed by atoms with Gasteiger partial charge in [0.2, 0.25) is 11.8 Å². The second kappa shape index (κ2) is 12.3. The van der Waals surface area contributed by atoms with Crippen LogP contribution in [0.2, 0.25) is 0 Å². The fourth-order valence-electron chi connectivity index (χ4n) is 3.78. The molecule has 0 spiro atoms. The topological polar surface area (TPSA) is 105 Å². The van der Waals surface area contributed by atoms with Gasteiger partial charge in [-0.25, -0.2) is 4.98 Å². The average Bonchev–Trinajstić information content (AvgIpc) is 2.86. The normalized spacial score (nSPS) is 18.3. The van der Waals surface area contributed by atoms with Crippen molar-refractivity contribution in [1.82, 2.24) is 19.8 Å². The molecule has 0 aliphatic carbocycles. The Morgan fingerprint density at radius 1 is 1.43 bits per heavy atom. The second-order valence-corrected chi connectivity index (χ2v) is 8.75. The van der Waals surface area contributed by atoms with Crippen molar-refractivity contribution in [3.8, 4) is 17.7 Å². The van der Waals surface area contributed by atoms with E-state index in [1.807, 2.05) is 13.0 Å². The number of rotatable bonds is 7. The van der Waals surface area contributed by atoms with Crippen molar-refractivity contribution >= 4 is 11.8 Å². The zero-order valence-corrected chi connectivity index (χ0v) is 20.6. The highest BCUT2D eigenvalue weighted by Gasteiger charge is 2.34. The predicted octanol–water partition coefficient (Wildman–Crippen LogP) is 1.40. The van der Waals surface area contributed by atoms with Gasteiger partial charge in [-0.05, 0) is 24.6 Å². The molecule has 2 amide bonds. The monoisotopic (exact) mass is 480 g/mol. The predicted molar refractivity (Wildman–Crippen MR) is 130 cm³/mol. The third-order valence-corrected chi connectivity index (χ3v) is 5.93. The first-order valence-corrected chi connectivity index (χ1v) is 11.5. The molecule has 186 valence electrons. The number of aliphatic hydroxyl groups excluding tert-OH is 1. The lowest BCUT2D eigenvalue weighted by Crippen LogP contribution is -2.50. The second-order valence-electron chi connectivity index (χ2n) is 8.75. The molecule has 0 radical (unpaired) electrons. The molecule has 1 aliphatic heterocycles. The molecule has 2 aromatic rings. The highest BCUT2D eigenvalue weighted by molar-refractivity contribution is 5.97. The van der Waals surface area contributed by atoms with Crippen molar-refractivity contribution in [2.24, 2.45) is 5.92 Å². The molecule has 0 saturated carbocycles. The van der Waals surface area contributed by atoms with Crippen LogP contribution in [0.5, 0.6) is 5.88 Å². The molecular formula is C26H32N4O5. The number of ether oxygens (including phenoxy) is 2. The molecule has 0 saturated heterocycles. The SMILES string of the molecule is COCC#Cc1cnc2c(c1)C(=O)N([C@H](C)CO)C[C@H](C)[C@H](CN(C)C(=O)Cc1cccnc1)O2. The summed E-state index contributed by atoms with van der Waals surface area (Å²) in [7, 11) is 3.29. The van der Waals surface area contributed by atoms with Crippen LogP contribution in [0.15, 0.2) is 36.8 Å². The Kier molecular flexibility index (Phi) is 9.18. The molecule has 2 aromatic heterocycles. The Labute approximate surface area is 206 Å². The minimum Gasteiger partial charge on any atom is -0.472 e. The van der Waals surface area contributed by atoms with E-state index in [-0.39, 0.29) is 48.8 Å². The summed E-state index contributed by atoms with van der Waals surface area (Å²) < 4.78 is 11.2. The number of aromatic nitrogens is 2. The molecule has 0 unspecified atom stereocenters. The van der Waals surface area contributed by atoms with Crippen molar-refractivity contribution in [3.05, 3.63) is 53.5 Å². The van der Waals surface area contributed by atoms with Crippen LogP contribution in [0.4, 0.5) is 0 Å². The van der Waals surface area contributed by atoms with E-state index < -0.39 is 12.1 Å². The smallest absolute Gasteiger partial charge is 0.259 e. The molecule has 9 nitrogen and oxygen atoms in total. The minimum absolute atomic E-state index is 0.0653. The summed E-state index contributed by atoms with van der Waals surface area (Å²) in [6, 6.07) is 4.91. The van der Waals surface area contributed by atoms with Crippen LogP contribution in [0.3, 0.4) is 0 Å². The number of fused-ring (bicyclic) bond motifs is 1. The summed E-state index contributed by atoms with van der Waals surface area (Å²) in [6.07, 6.45) is 4.70. The molecule has 3 heterocycles. The number of pyridine rings is 2. The molecule has 35 heavy (non-hydrogen) atoms. The largest absolute Gasteiger partial charge is 0.472 e. The van der Waals surface area contributed by atoms with Crippen LogP contribution in [0.1, 0.15) is 35.3 Å². The standard InChI is InChI=1S/C26H32N4O5/c1-18-15-30(19(2)17-31)26(33)22-11-20(8-6-10-34-4)14-28-25(22)35-23(18)16-29(3)24(32)12-21-7-5-9-27-13-21/h5,7,9,11,13-14,18-19,23,31H,10,12,15-17H2,1-4H3/t18-,19+,23-/m0/s1. The quantitative estimate of drug-likeness (QED) is 0.597. The number of carbonyl (C=O) groups is 2. The number of amides is 2. The van der Waals surface area contributed by atoms with Crippen LogP contribution in [-0.4, -0.2) is 89.3 Å². The minimum atomic E-state index is -0.420. The highest BCUT2D eigenvalue weighted by atomic mass is 16.5. The van der Waals surface area contributed by atoms with Crippen LogP contribution in [0, 0.1) is 17.8 Å². The Morgan fingerprint density at radius 2 is 2.23 bits per heavy atom. The van der Waals surface area contributed by atoms with Gasteiger partial charge in [0.1, 0.15) is 18.3 Å². The molecule has 0 aromatic carbocycles. The van der Waals surface area contributed by atoms with Crippen molar-refractivity contribution < 1.29 is 24.2 Å². The lowest BCUT2D eigenvalue weighted by Gasteiger charge is -2.37. The first-order valence-electron chi connectivity index (χ1n) is 11.5. The van der Waals surface area contributed by atoms with Crippen molar-refractivity contribution in [1.29, 1.82) is 0 Å². The van der Waals surface area contributed by atoms with Gasteiger partial charge >= 0.3 is 0 Å². The van der Waals surface area contributed by atoms with Gasteiger partial charge in [0, 0.05) is 50.8 Å². The zero-order valence-electron chi connectivity index (χ0n) is 20.6. The third kappa shape index (κ3) is 6.78. The maximum absolute atomic E-state index is 13.4. The van der Waals surface area contributed by atoms with Gasteiger partial charge < -0.3 is 24.4 Å². The summed E-state index contributed by atoms with van der Waals surface area (Å²) in [4.78, 5) is 38.0. The summed E-state index contributed by atoms with van der Waals surface area (Å²) in [5, 5.41) is 9.79. The number of methoxy groups -OCH3 is 1. The van der Waals surface area contributed by atoms with Gasteiger partial charge in [0.25, 0.3) is 5.91 Å². The molecule has 0 fully saturated rings. The number of nitrogens with zero attached hydrogens (tertiary/aromatic N) is 4. The van der Waals surface area contributed by atoms with Crippen molar-refractivity contribution in [3.63, 3.8) is 0 Å². The first-order chi connectivity index (χ1) is 16.8. The van der Waals surface area contributed by atoms with E-state index in [1.165, 1.54) is 0 Å². The molecule has 3 rings (SSSR count). The number of likely N-dealkylation sites (N-methyl/N-ethyl adjacent to an activating group) is 1. The van der Waals surface area contributed by atoms with Crippen LogP contribution in [-0.2, 0) is 16.0 Å². The molecule has 9 heteroatoms. The summed E-state index contributed by atoms with van der Waals surface area (Å²) >= 11 is 0. The van der Waals surface area contributed by atoms with Crippen LogP contribution >= 0.6 is 0 Å². The number of hydrogen-bond donors (Lipinski definition) is 1. The van der Waals surface area contributed by atoms with E-state index in [0.29, 0.717) is 18.7 Å². The van der Waals surface area contributed by atoms with E-state index in [9.17, 15) is 14.7 Å². The van der Waals surface area contributed by atoms with Gasteiger partial charge in [0.15, 0.2) is 0 Å². The maximum Gasteiger partial charge on any atom is 0.259 e. The highest BCUT2D eigenvalue weighted by Crippen LogP contribution is 2.27. The Morgan fingerprint density at radius 3 is 2.91 bits per heavy atom. The Balaban J connectivity index is 1.87. The number of hydrogen-bond acceptors (Lipinski definition) is 7. The van der Waals surface area contributed by atoms with Crippen LogP contribution < -0.4 is 4.74 Å². The van der Waals surface area contributed by atoms with E-state index in [2.05, 4.69) is 21.8 Å². The van der Waals surface area contributed by atoms with Crippen LogP contribution in [0.25, 0.3) is 0 Å². The van der Waals surface area contributed by atoms with Gasteiger partial charge in [-0.1, -0.05) is 24.8 Å². The van der Waals surface area contributed by atoms with E-state index in [4.69, 9.17) is 9.47 Å². The van der Waals surface area contributed by atoms with E-state index in [1.54, 1.807) is 61.6 Å². The first kappa shape index (κ1) is 26.1. The molecule has 1 aliphatic rings. The van der Waals surface area contributed by atoms with Gasteiger partial charge in [-0.3, -0.25) is 14.6 Å². The Hall–Kier alpha value is -3.48. The van der Waals surface area contributed by atoms with Crippen molar-refractivity contribution in [2.45, 2.75) is 32.4 Å². The Bertz CT molecular complexity index is 1080. The number of carbonyl (C=O) groups excluding carboxylic acids is 2. The maximum atomic E-state index is 13.4. The summed E-state index contributed by atoms with van der Waals surface area (Å²) in [5.74, 6) is 5.50. The summed E-state index contributed by atoms with van der Waals surface area (Å²) in [5.41, 5.74) is 1.66. The van der Waals surface area contributed by atoms with Gasteiger partial charge in [0.05, 0.1) is 25.6 Å². The van der Waals surface area contributed by atoms with Gasteiger partial charge in [-0.2, -0.15) is 0 Å². The lowest BCUT2D eigenvalue weighted by atomic mass is 9.99. The molecule has 1 N–H and O–H groups in total. The third-order valence-electron chi connectivity index (χ3n) is 5.93. The summed E-state index contributed by atoms with van der Waals surface area (Å²) in [6.45, 7) is 4.50. The van der Waals surface area contributed by atoms with E-state index in [0.717, 1.165) is 5.56 Å². The fourth-order valence-corrected chi connectivity index (χ4v) is 3.78. The fraction of sp³-hybridized carbons (Fsp3) is 0.462. The zero-order chi connectivity index (χ0) is 25.4. The van der Waals surface area contributed by atoms with Crippen molar-refractivity contribution in [2.75, 3.05) is 40.5 Å². The lowest BCUT2D eigenvalue weighted by molar-refractivity contribution is -0.130. The number of aliphatic hydroxyl groups is 1. The molecular weight excluding hydrogens is 448 g/mol. The van der Waals surface area contributed by atoms with Gasteiger partial charge in [-0.15, -0.1) is 0 Å². The molecule has 0 bridgehead atoms.